The summed E-state index contributed by atoms with van der Waals surface area (Å²) in [5.41, 5.74) is 0.391. The van der Waals surface area contributed by atoms with Crippen molar-refractivity contribution < 1.29 is 17.7 Å². The highest BCUT2D eigenvalue weighted by Gasteiger charge is 2.37. The lowest BCUT2D eigenvalue weighted by atomic mass is 9.94. The molecule has 0 spiro atoms. The van der Waals surface area contributed by atoms with E-state index in [-0.39, 0.29) is 16.7 Å². The maximum Gasteiger partial charge on any atom is 0.248 e. The van der Waals surface area contributed by atoms with Gasteiger partial charge in [-0.3, -0.25) is 4.79 Å². The maximum absolute atomic E-state index is 13.0. The van der Waals surface area contributed by atoms with Crippen LogP contribution in [0.15, 0.2) is 9.42 Å². The van der Waals surface area contributed by atoms with Crippen LogP contribution < -0.4 is 0 Å². The predicted molar refractivity (Wildman–Crippen MR) is 112 cm³/mol. The summed E-state index contributed by atoms with van der Waals surface area (Å²) in [5.74, 6) is 0.455. The number of rotatable bonds is 4. The summed E-state index contributed by atoms with van der Waals surface area (Å²) in [5, 5.41) is 3.78. The molecule has 0 N–H and O–H groups in total. The highest BCUT2D eigenvalue weighted by Crippen LogP contribution is 2.29. The Labute approximate surface area is 179 Å². The molecule has 30 heavy (non-hydrogen) atoms. The van der Waals surface area contributed by atoms with Crippen molar-refractivity contribution in [1.82, 2.24) is 19.3 Å². The average Bonchev–Trinajstić information content (AvgIpc) is 3.13. The molecule has 3 saturated heterocycles. The van der Waals surface area contributed by atoms with Gasteiger partial charge in [0.1, 0.15) is 10.6 Å². The summed E-state index contributed by atoms with van der Waals surface area (Å²) in [7, 11) is -3.63. The zero-order chi connectivity index (χ0) is 21.3. The molecule has 4 heterocycles. The molecule has 8 nitrogen and oxygen atoms in total. The molecule has 3 aliphatic rings. The van der Waals surface area contributed by atoms with Crippen LogP contribution in [0.3, 0.4) is 0 Å². The number of aromatic nitrogens is 1. The number of sulfonamides is 1. The lowest BCUT2D eigenvalue weighted by Crippen LogP contribution is -2.50. The van der Waals surface area contributed by atoms with E-state index in [9.17, 15) is 13.2 Å². The normalized spacial score (nSPS) is 23.7. The molecule has 0 bridgehead atoms. The Balaban J connectivity index is 1.30. The molecule has 1 aromatic heterocycles. The van der Waals surface area contributed by atoms with E-state index in [4.69, 9.17) is 4.52 Å². The fourth-order valence-corrected chi connectivity index (χ4v) is 7.07. The fourth-order valence-electron chi connectivity index (χ4n) is 5.31. The SMILES string of the molecule is Cc1noc(C)c1S(=O)(=O)N1CCC(C(=O)N2CCC(N3CCCCC3)CC2)CC1. The van der Waals surface area contributed by atoms with Gasteiger partial charge in [-0.05, 0) is 65.5 Å². The van der Waals surface area contributed by atoms with Gasteiger partial charge in [-0.15, -0.1) is 0 Å². The Morgan fingerprint density at radius 3 is 2.13 bits per heavy atom. The lowest BCUT2D eigenvalue weighted by molar-refractivity contribution is -0.138. The van der Waals surface area contributed by atoms with Crippen LogP contribution in [0.1, 0.15) is 56.4 Å². The van der Waals surface area contributed by atoms with Gasteiger partial charge < -0.3 is 14.3 Å². The summed E-state index contributed by atoms with van der Waals surface area (Å²) >= 11 is 0. The highest BCUT2D eigenvalue weighted by atomic mass is 32.2. The van der Waals surface area contributed by atoms with E-state index in [2.05, 4.69) is 10.1 Å². The van der Waals surface area contributed by atoms with Crippen LogP contribution in [0.25, 0.3) is 0 Å². The molecule has 0 aromatic carbocycles. The Bertz CT molecular complexity index is 827. The predicted octanol–water partition coefficient (Wildman–Crippen LogP) is 2.17. The minimum atomic E-state index is -3.63. The van der Waals surface area contributed by atoms with Crippen LogP contribution in [0, 0.1) is 19.8 Å². The summed E-state index contributed by atoms with van der Waals surface area (Å²) in [4.78, 5) is 17.9. The van der Waals surface area contributed by atoms with Crippen molar-refractivity contribution in [2.24, 2.45) is 5.92 Å². The molecule has 0 aliphatic carbocycles. The van der Waals surface area contributed by atoms with Crippen molar-refractivity contribution in [2.45, 2.75) is 69.7 Å². The van der Waals surface area contributed by atoms with Crippen molar-refractivity contribution in [1.29, 1.82) is 0 Å². The van der Waals surface area contributed by atoms with Crippen molar-refractivity contribution >= 4 is 15.9 Å². The monoisotopic (exact) mass is 438 g/mol. The molecule has 0 saturated carbocycles. The Morgan fingerprint density at radius 1 is 0.933 bits per heavy atom. The second-order valence-corrected chi connectivity index (χ2v) is 10.9. The van der Waals surface area contributed by atoms with Gasteiger partial charge in [0, 0.05) is 38.1 Å². The molecule has 4 rings (SSSR count). The molecular weight excluding hydrogens is 404 g/mol. The molecule has 3 aliphatic heterocycles. The number of hydrogen-bond donors (Lipinski definition) is 0. The quantitative estimate of drug-likeness (QED) is 0.716. The van der Waals surface area contributed by atoms with Crippen molar-refractivity contribution in [2.75, 3.05) is 39.3 Å². The summed E-state index contributed by atoms with van der Waals surface area (Å²) in [6.07, 6.45) is 7.22. The largest absolute Gasteiger partial charge is 0.360 e. The average molecular weight is 439 g/mol. The van der Waals surface area contributed by atoms with Gasteiger partial charge in [0.25, 0.3) is 0 Å². The Morgan fingerprint density at radius 2 is 1.57 bits per heavy atom. The molecular formula is C21H34N4O4S. The topological polar surface area (TPSA) is 87.0 Å². The standard InChI is InChI=1S/C21H34N4O4S/c1-16-20(17(2)29-22-16)30(27,28)25-14-6-18(7-15-25)21(26)24-12-8-19(9-13-24)23-10-4-3-5-11-23/h18-19H,3-15H2,1-2H3. The van der Waals surface area contributed by atoms with Gasteiger partial charge in [-0.1, -0.05) is 11.6 Å². The maximum atomic E-state index is 13.0. The zero-order valence-corrected chi connectivity index (χ0v) is 19.0. The Kier molecular flexibility index (Phi) is 6.50. The molecule has 9 heteroatoms. The smallest absolute Gasteiger partial charge is 0.248 e. The fraction of sp³-hybridized carbons (Fsp3) is 0.810. The first-order valence-electron chi connectivity index (χ1n) is 11.3. The molecule has 168 valence electrons. The summed E-state index contributed by atoms with van der Waals surface area (Å²) in [6, 6.07) is 0.622. The van der Waals surface area contributed by atoms with Crippen LogP contribution in [0.5, 0.6) is 0 Å². The van der Waals surface area contributed by atoms with Crippen LogP contribution >= 0.6 is 0 Å². The van der Waals surface area contributed by atoms with E-state index in [0.29, 0.717) is 43.4 Å². The van der Waals surface area contributed by atoms with Crippen LogP contribution in [-0.4, -0.2) is 78.9 Å². The first kappa shape index (κ1) is 21.8. The van der Waals surface area contributed by atoms with E-state index in [1.807, 2.05) is 4.90 Å². The van der Waals surface area contributed by atoms with Gasteiger partial charge in [0.15, 0.2) is 5.76 Å². The van der Waals surface area contributed by atoms with Crippen molar-refractivity contribution in [3.8, 4) is 0 Å². The molecule has 1 amide bonds. The number of aryl methyl sites for hydroxylation is 2. The van der Waals surface area contributed by atoms with Crippen LogP contribution in [-0.2, 0) is 14.8 Å². The number of hydrogen-bond acceptors (Lipinski definition) is 6. The molecule has 3 fully saturated rings. The van der Waals surface area contributed by atoms with Crippen molar-refractivity contribution in [3.63, 3.8) is 0 Å². The molecule has 1 aromatic rings. The summed E-state index contributed by atoms with van der Waals surface area (Å²) < 4.78 is 32.5. The number of carbonyl (C=O) groups is 1. The molecule has 0 atom stereocenters. The third kappa shape index (κ3) is 4.29. The second-order valence-electron chi connectivity index (χ2n) is 8.98. The lowest BCUT2D eigenvalue weighted by Gasteiger charge is -2.41. The van der Waals surface area contributed by atoms with Gasteiger partial charge in [0.05, 0.1) is 0 Å². The van der Waals surface area contributed by atoms with Crippen molar-refractivity contribution in [3.05, 3.63) is 11.5 Å². The number of likely N-dealkylation sites (tertiary alicyclic amines) is 2. The van der Waals surface area contributed by atoms with E-state index in [1.165, 1.54) is 36.7 Å². The molecule has 0 unspecified atom stereocenters. The molecule has 0 radical (unpaired) electrons. The highest BCUT2D eigenvalue weighted by molar-refractivity contribution is 7.89. The first-order chi connectivity index (χ1) is 14.4. The summed E-state index contributed by atoms with van der Waals surface area (Å²) in [6.45, 7) is 8.08. The minimum absolute atomic E-state index is 0.0762. The number of piperidine rings is 3. The number of nitrogens with zero attached hydrogens (tertiary/aromatic N) is 4. The zero-order valence-electron chi connectivity index (χ0n) is 18.2. The first-order valence-corrected chi connectivity index (χ1v) is 12.8. The van der Waals surface area contributed by atoms with Crippen LogP contribution in [0.2, 0.25) is 0 Å². The van der Waals surface area contributed by atoms with E-state index >= 15 is 0 Å². The van der Waals surface area contributed by atoms with Gasteiger partial charge >= 0.3 is 0 Å². The van der Waals surface area contributed by atoms with E-state index < -0.39 is 10.0 Å². The minimum Gasteiger partial charge on any atom is -0.360 e. The number of amides is 1. The Hall–Kier alpha value is -1.45. The second kappa shape index (κ2) is 8.96. The van der Waals surface area contributed by atoms with E-state index in [0.717, 1.165) is 25.9 Å². The van der Waals surface area contributed by atoms with E-state index in [1.54, 1.807) is 13.8 Å². The third-order valence-electron chi connectivity index (χ3n) is 7.05. The van der Waals surface area contributed by atoms with Gasteiger partial charge in [-0.2, -0.15) is 4.31 Å². The van der Waals surface area contributed by atoms with Gasteiger partial charge in [0.2, 0.25) is 15.9 Å². The number of carbonyl (C=O) groups excluding carboxylic acids is 1. The van der Waals surface area contributed by atoms with Gasteiger partial charge in [-0.25, -0.2) is 8.42 Å². The van der Waals surface area contributed by atoms with Crippen LogP contribution in [0.4, 0.5) is 0 Å². The third-order valence-corrected chi connectivity index (χ3v) is 9.20.